The molecule has 0 aromatic heterocycles. The van der Waals surface area contributed by atoms with Crippen molar-refractivity contribution >= 4 is 11.9 Å². The fraction of sp³-hybridized carbons (Fsp3) is 0.500. The second-order valence-electron chi connectivity index (χ2n) is 1.41. The van der Waals surface area contributed by atoms with Gasteiger partial charge in [-0.3, -0.25) is 0 Å². The van der Waals surface area contributed by atoms with Crippen molar-refractivity contribution in [1.29, 1.82) is 0 Å². The molecule has 0 aliphatic heterocycles. The van der Waals surface area contributed by atoms with Gasteiger partial charge in [-0.25, -0.2) is 0 Å². The van der Waals surface area contributed by atoms with E-state index in [0.29, 0.717) is 0 Å². The van der Waals surface area contributed by atoms with Gasteiger partial charge in [0.15, 0.2) is 0 Å². The van der Waals surface area contributed by atoms with Gasteiger partial charge in [-0.05, 0) is 0 Å². The Labute approximate surface area is 118 Å². The van der Waals surface area contributed by atoms with Gasteiger partial charge >= 0.3 is 59.1 Å². The molecule has 0 spiro atoms. The molecule has 1 unspecified atom stereocenters. The Hall–Kier alpha value is 0.820. The minimum Gasteiger partial charge on any atom is -0.550 e. The Kier molecular flexibility index (Phi) is 34.4. The zero-order valence-corrected chi connectivity index (χ0v) is 11.4. The molecule has 0 aromatic rings. The molecule has 0 saturated heterocycles. The Morgan fingerprint density at radius 3 is 1.54 bits per heavy atom. The molecule has 0 rings (SSSR count). The molecule has 5 N–H and O–H groups in total. The topological polar surface area (TPSA) is 163 Å². The van der Waals surface area contributed by atoms with Crippen LogP contribution in [0.15, 0.2) is 0 Å². The number of aliphatic carboxylic acids is 2. The van der Waals surface area contributed by atoms with Gasteiger partial charge in [0.1, 0.15) is 0 Å². The molecule has 0 heterocycles. The third kappa shape index (κ3) is 19.3. The summed E-state index contributed by atoms with van der Waals surface area (Å²) in [5, 5.41) is 27.3. The van der Waals surface area contributed by atoms with Crippen molar-refractivity contribution in [3.63, 3.8) is 0 Å². The minimum atomic E-state index is -1.96. The zero-order valence-electron chi connectivity index (χ0n) is 7.36. The number of carbonyl (C=O) groups is 2. The molecule has 0 aliphatic carbocycles. The van der Waals surface area contributed by atoms with E-state index < -0.39 is 24.5 Å². The van der Waals surface area contributed by atoms with E-state index in [0.717, 1.165) is 0 Å². The Balaban J connectivity index is -0.0000000533. The van der Waals surface area contributed by atoms with Crippen LogP contribution in [0.2, 0.25) is 0 Å². The Bertz CT molecular complexity index is 138. The van der Waals surface area contributed by atoms with E-state index in [2.05, 4.69) is 0 Å². The average Bonchev–Trinajstić information content (AvgIpc) is 1.63. The van der Waals surface area contributed by atoms with Crippen LogP contribution in [0.4, 0.5) is 0 Å². The van der Waals surface area contributed by atoms with Crippen LogP contribution in [0.1, 0.15) is 6.42 Å². The zero-order chi connectivity index (χ0) is 7.44. The van der Waals surface area contributed by atoms with E-state index in [1.54, 1.807) is 0 Å². The molecule has 68 valence electrons. The Morgan fingerprint density at radius 2 is 1.46 bits per heavy atom. The number of aliphatic hydroxyl groups is 1. The maximum atomic E-state index is 9.58. The van der Waals surface area contributed by atoms with Gasteiger partial charge < -0.3 is 35.9 Å². The summed E-state index contributed by atoms with van der Waals surface area (Å²) in [6.07, 6.45) is -2.89. The van der Waals surface area contributed by atoms with E-state index in [4.69, 9.17) is 5.11 Å². The molecule has 0 aromatic carbocycles. The summed E-state index contributed by atoms with van der Waals surface area (Å²) in [4.78, 5) is 19.1. The Morgan fingerprint density at radius 1 is 1.15 bits per heavy atom. The summed E-state index contributed by atoms with van der Waals surface area (Å²) < 4.78 is 0. The van der Waals surface area contributed by atoms with Crippen LogP contribution >= 0.6 is 0 Å². The maximum Gasteiger partial charge on any atom is 1.00 e. The monoisotopic (exact) mass is 214 g/mol. The maximum absolute atomic E-state index is 9.58. The van der Waals surface area contributed by atoms with Crippen molar-refractivity contribution in [3.8, 4) is 0 Å². The number of aliphatic hydroxyl groups excluding tert-OH is 1. The van der Waals surface area contributed by atoms with Crippen molar-refractivity contribution in [2.24, 2.45) is 0 Å². The second kappa shape index (κ2) is 15.3. The molecular formula is C4H8Na2O7. The van der Waals surface area contributed by atoms with Crippen molar-refractivity contribution in [2.75, 3.05) is 0 Å². The summed E-state index contributed by atoms with van der Waals surface area (Å²) in [6, 6.07) is 0. The van der Waals surface area contributed by atoms with E-state index in [-0.39, 0.29) is 70.1 Å². The summed E-state index contributed by atoms with van der Waals surface area (Å²) in [7, 11) is 0. The average molecular weight is 214 g/mol. The summed E-state index contributed by atoms with van der Waals surface area (Å²) in [6.45, 7) is 0. The number of carbonyl (C=O) groups excluding carboxylic acids is 2. The third-order valence-electron chi connectivity index (χ3n) is 0.632. The van der Waals surface area contributed by atoms with Crippen LogP contribution in [0.3, 0.4) is 0 Å². The third-order valence-corrected chi connectivity index (χ3v) is 0.632. The van der Waals surface area contributed by atoms with Crippen molar-refractivity contribution in [1.82, 2.24) is 0 Å². The summed E-state index contributed by atoms with van der Waals surface area (Å²) >= 11 is 0. The fourth-order valence-electron chi connectivity index (χ4n) is 0.241. The first kappa shape index (κ1) is 29.2. The van der Waals surface area contributed by atoms with Gasteiger partial charge in [0, 0.05) is 12.4 Å². The standard InChI is InChI=1S/C4H6O5.2Na.2H2O/c5-2(4(8)9)1-3(6)7;;;;/h2,5H,1H2,(H,6,7)(H,8,9);;;2*1H2/q;2*+1;;/p-2. The van der Waals surface area contributed by atoms with Crippen molar-refractivity contribution < 1.29 is 95.0 Å². The van der Waals surface area contributed by atoms with Crippen LogP contribution in [0.5, 0.6) is 0 Å². The first-order valence-corrected chi connectivity index (χ1v) is 2.13. The van der Waals surface area contributed by atoms with Crippen LogP contribution in [0.25, 0.3) is 0 Å². The van der Waals surface area contributed by atoms with E-state index in [9.17, 15) is 19.8 Å². The van der Waals surface area contributed by atoms with Gasteiger partial charge in [-0.2, -0.15) is 0 Å². The largest absolute Gasteiger partial charge is 1.00 e. The molecule has 9 heteroatoms. The van der Waals surface area contributed by atoms with Crippen molar-refractivity contribution in [3.05, 3.63) is 0 Å². The van der Waals surface area contributed by atoms with E-state index in [1.807, 2.05) is 0 Å². The van der Waals surface area contributed by atoms with Gasteiger partial charge in [0.05, 0.1) is 12.1 Å². The van der Waals surface area contributed by atoms with Gasteiger partial charge in [-0.15, -0.1) is 0 Å². The van der Waals surface area contributed by atoms with Gasteiger partial charge in [-0.1, -0.05) is 0 Å². The number of carboxylic acids is 2. The molecule has 0 radical (unpaired) electrons. The molecule has 13 heavy (non-hydrogen) atoms. The molecule has 0 amide bonds. The molecule has 7 nitrogen and oxygen atoms in total. The predicted molar refractivity (Wildman–Crippen MR) is 27.9 cm³/mol. The number of carboxylic acid groups (broad SMARTS) is 2. The first-order valence-electron chi connectivity index (χ1n) is 2.13. The molecule has 1 atom stereocenters. The van der Waals surface area contributed by atoms with E-state index >= 15 is 0 Å². The van der Waals surface area contributed by atoms with Gasteiger partial charge in [0.25, 0.3) is 0 Å². The second-order valence-corrected chi connectivity index (χ2v) is 1.41. The van der Waals surface area contributed by atoms with Crippen LogP contribution in [-0.2, 0) is 9.59 Å². The number of hydrogen-bond acceptors (Lipinski definition) is 5. The quantitative estimate of drug-likeness (QED) is 0.460. The van der Waals surface area contributed by atoms with Crippen molar-refractivity contribution in [2.45, 2.75) is 12.5 Å². The number of rotatable bonds is 3. The van der Waals surface area contributed by atoms with E-state index in [1.165, 1.54) is 0 Å². The SMILES string of the molecule is O.O.O=C([O-])CC(O)C(=O)[O-].[Na+].[Na+]. The molecule has 0 fully saturated rings. The normalized spacial score (nSPS) is 8.69. The smallest absolute Gasteiger partial charge is 0.550 e. The van der Waals surface area contributed by atoms with Crippen LogP contribution < -0.4 is 69.3 Å². The number of hydrogen-bond donors (Lipinski definition) is 1. The van der Waals surface area contributed by atoms with Crippen LogP contribution in [-0.4, -0.2) is 34.1 Å². The minimum absolute atomic E-state index is 0. The van der Waals surface area contributed by atoms with Gasteiger partial charge in [0.2, 0.25) is 0 Å². The fourth-order valence-corrected chi connectivity index (χ4v) is 0.241. The molecule has 0 bridgehead atoms. The summed E-state index contributed by atoms with van der Waals surface area (Å²) in [5.41, 5.74) is 0. The molecular weight excluding hydrogens is 206 g/mol. The molecule has 0 aliphatic rings. The first-order chi connectivity index (χ1) is 4.04. The summed E-state index contributed by atoms with van der Waals surface area (Å²) in [5.74, 6) is -3.43. The van der Waals surface area contributed by atoms with Crippen LogP contribution in [0, 0.1) is 0 Å². The predicted octanol–water partition coefficient (Wildman–Crippen LogP) is -11.4. The molecule has 0 saturated carbocycles.